The van der Waals surface area contributed by atoms with Gasteiger partial charge in [-0.05, 0) is 18.1 Å². The van der Waals surface area contributed by atoms with Crippen molar-refractivity contribution in [1.29, 1.82) is 0 Å². The average molecular weight is 273 g/mol. The first kappa shape index (κ1) is 14.4. The van der Waals surface area contributed by atoms with Gasteiger partial charge in [0, 0.05) is 12.3 Å². The SMILES string of the molecule is O=C(NCCS)N[C@@H](CCC1=NN=NC1)C(=O)O. The van der Waals surface area contributed by atoms with E-state index in [1.54, 1.807) is 0 Å². The topological polar surface area (TPSA) is 116 Å². The fraction of sp³-hybridized carbons (Fsp3) is 0.667. The van der Waals surface area contributed by atoms with Gasteiger partial charge in [0.1, 0.15) is 12.6 Å². The van der Waals surface area contributed by atoms with Crippen LogP contribution in [-0.2, 0) is 4.79 Å². The maximum Gasteiger partial charge on any atom is 0.326 e. The number of amides is 2. The lowest BCUT2D eigenvalue weighted by Gasteiger charge is -2.14. The van der Waals surface area contributed by atoms with E-state index in [-0.39, 0.29) is 6.42 Å². The molecule has 0 saturated heterocycles. The van der Waals surface area contributed by atoms with E-state index in [4.69, 9.17) is 5.11 Å². The van der Waals surface area contributed by atoms with E-state index in [9.17, 15) is 9.59 Å². The first-order valence-electron chi connectivity index (χ1n) is 5.43. The van der Waals surface area contributed by atoms with Gasteiger partial charge >= 0.3 is 12.0 Å². The van der Waals surface area contributed by atoms with Gasteiger partial charge in [0.25, 0.3) is 0 Å². The smallest absolute Gasteiger partial charge is 0.326 e. The molecule has 9 heteroatoms. The molecule has 18 heavy (non-hydrogen) atoms. The van der Waals surface area contributed by atoms with E-state index >= 15 is 0 Å². The number of hydrogen-bond acceptors (Lipinski definition) is 6. The maximum absolute atomic E-state index is 11.3. The molecule has 0 fully saturated rings. The number of carbonyl (C=O) groups is 2. The normalized spacial score (nSPS) is 15.1. The van der Waals surface area contributed by atoms with Crippen LogP contribution in [0, 0.1) is 0 Å². The Bertz CT molecular complexity index is 371. The van der Waals surface area contributed by atoms with Gasteiger partial charge in [-0.3, -0.25) is 0 Å². The molecule has 100 valence electrons. The summed E-state index contributed by atoms with van der Waals surface area (Å²) >= 11 is 3.93. The van der Waals surface area contributed by atoms with Crippen molar-refractivity contribution in [2.24, 2.45) is 15.4 Å². The third-order valence-electron chi connectivity index (χ3n) is 2.22. The van der Waals surface area contributed by atoms with E-state index in [1.807, 2.05) is 0 Å². The zero-order valence-corrected chi connectivity index (χ0v) is 10.6. The zero-order valence-electron chi connectivity index (χ0n) is 9.67. The van der Waals surface area contributed by atoms with Gasteiger partial charge in [0.05, 0.1) is 5.71 Å². The molecule has 0 aromatic heterocycles. The summed E-state index contributed by atoms with van der Waals surface area (Å²) in [6.45, 7) is 0.782. The van der Waals surface area contributed by atoms with Gasteiger partial charge in [-0.1, -0.05) is 0 Å². The van der Waals surface area contributed by atoms with E-state index in [1.165, 1.54) is 0 Å². The van der Waals surface area contributed by atoms with Crippen molar-refractivity contribution >= 4 is 30.3 Å². The van der Waals surface area contributed by atoms with Gasteiger partial charge < -0.3 is 15.7 Å². The summed E-state index contributed by atoms with van der Waals surface area (Å²) in [5, 5.41) is 24.7. The molecule has 0 aliphatic carbocycles. The number of nitrogens with zero attached hydrogens (tertiary/aromatic N) is 3. The maximum atomic E-state index is 11.3. The summed E-state index contributed by atoms with van der Waals surface area (Å²) in [5.41, 5.74) is 0.721. The molecular weight excluding hydrogens is 258 g/mol. The molecule has 8 nitrogen and oxygen atoms in total. The van der Waals surface area contributed by atoms with Crippen LogP contribution in [0.25, 0.3) is 0 Å². The standard InChI is InChI=1S/C9H15N5O3S/c15-8(16)7(12-9(17)10-3-4-18)2-1-6-5-11-14-13-6/h7,18H,1-5H2,(H,15,16)(H2,10,12,17)/t7-/m0/s1. The second-order valence-electron chi connectivity index (χ2n) is 3.61. The Hall–Kier alpha value is -1.64. The fourth-order valence-electron chi connectivity index (χ4n) is 1.32. The van der Waals surface area contributed by atoms with Gasteiger partial charge in [0.2, 0.25) is 0 Å². The third kappa shape index (κ3) is 5.13. The number of thiol groups is 1. The Morgan fingerprint density at radius 2 is 2.28 bits per heavy atom. The lowest BCUT2D eigenvalue weighted by atomic mass is 10.1. The van der Waals surface area contributed by atoms with Crippen LogP contribution >= 0.6 is 12.6 Å². The first-order valence-corrected chi connectivity index (χ1v) is 6.07. The molecule has 0 aromatic carbocycles. The highest BCUT2D eigenvalue weighted by molar-refractivity contribution is 7.80. The lowest BCUT2D eigenvalue weighted by Crippen LogP contribution is -2.46. The fourth-order valence-corrected chi connectivity index (χ4v) is 1.43. The van der Waals surface area contributed by atoms with Crippen molar-refractivity contribution in [3.05, 3.63) is 0 Å². The summed E-state index contributed by atoms with van der Waals surface area (Å²) in [7, 11) is 0. The van der Waals surface area contributed by atoms with E-state index in [2.05, 4.69) is 38.7 Å². The summed E-state index contributed by atoms with van der Waals surface area (Å²) in [5.74, 6) is -0.589. The predicted molar refractivity (Wildman–Crippen MR) is 68.2 cm³/mol. The molecule has 1 atom stereocenters. The molecule has 0 aromatic rings. The molecule has 3 N–H and O–H groups in total. The van der Waals surface area contributed by atoms with Crippen LogP contribution in [0.2, 0.25) is 0 Å². The Balaban J connectivity index is 2.35. The van der Waals surface area contributed by atoms with Crippen molar-refractivity contribution in [3.63, 3.8) is 0 Å². The van der Waals surface area contributed by atoms with E-state index in [0.717, 1.165) is 5.71 Å². The molecule has 1 heterocycles. The Kier molecular flexibility index (Phi) is 6.12. The van der Waals surface area contributed by atoms with Crippen LogP contribution in [0.5, 0.6) is 0 Å². The number of aliphatic carboxylic acids is 1. The number of urea groups is 1. The molecule has 1 aliphatic rings. The number of hydrogen-bond donors (Lipinski definition) is 4. The monoisotopic (exact) mass is 273 g/mol. The summed E-state index contributed by atoms with van der Waals surface area (Å²) in [4.78, 5) is 22.3. The molecule has 1 aliphatic heterocycles. The highest BCUT2D eigenvalue weighted by atomic mass is 32.1. The van der Waals surface area contributed by atoms with Crippen molar-refractivity contribution < 1.29 is 14.7 Å². The molecule has 0 unspecified atom stereocenters. The van der Waals surface area contributed by atoms with Gasteiger partial charge in [-0.2, -0.15) is 17.7 Å². The van der Waals surface area contributed by atoms with Crippen LogP contribution in [0.3, 0.4) is 0 Å². The summed E-state index contributed by atoms with van der Waals surface area (Å²) in [6, 6.07) is -1.47. The Morgan fingerprint density at radius 1 is 1.50 bits per heavy atom. The van der Waals surface area contributed by atoms with E-state index < -0.39 is 18.0 Å². The molecule has 2 amide bonds. The highest BCUT2D eigenvalue weighted by Gasteiger charge is 2.20. The minimum absolute atomic E-state index is 0.257. The number of nitrogens with one attached hydrogen (secondary N) is 2. The van der Waals surface area contributed by atoms with Gasteiger partial charge in [0.15, 0.2) is 0 Å². The average Bonchev–Trinajstić information content (AvgIpc) is 2.84. The minimum atomic E-state index is -1.08. The van der Waals surface area contributed by atoms with Crippen LogP contribution in [0.1, 0.15) is 12.8 Å². The molecular formula is C9H15N5O3S. The van der Waals surface area contributed by atoms with Crippen molar-refractivity contribution in [2.75, 3.05) is 18.8 Å². The number of rotatable bonds is 7. The highest BCUT2D eigenvalue weighted by Crippen LogP contribution is 2.05. The second kappa shape index (κ2) is 7.64. The van der Waals surface area contributed by atoms with Crippen molar-refractivity contribution in [3.8, 4) is 0 Å². The van der Waals surface area contributed by atoms with Crippen molar-refractivity contribution in [1.82, 2.24) is 10.6 Å². The summed E-state index contributed by atoms with van der Waals surface area (Å²) < 4.78 is 0. The number of carboxylic acids is 1. The van der Waals surface area contributed by atoms with Gasteiger partial charge in [-0.25, -0.2) is 9.59 Å². The minimum Gasteiger partial charge on any atom is -0.480 e. The van der Waals surface area contributed by atoms with Crippen LogP contribution in [0.4, 0.5) is 4.79 Å². The molecule has 0 saturated carbocycles. The quantitative estimate of drug-likeness (QED) is 0.499. The lowest BCUT2D eigenvalue weighted by molar-refractivity contribution is -0.139. The molecule has 1 rings (SSSR count). The van der Waals surface area contributed by atoms with Crippen LogP contribution < -0.4 is 10.6 Å². The van der Waals surface area contributed by atoms with Crippen LogP contribution in [0.15, 0.2) is 15.4 Å². The Labute approximate surface area is 109 Å². The van der Waals surface area contributed by atoms with Crippen molar-refractivity contribution in [2.45, 2.75) is 18.9 Å². The largest absolute Gasteiger partial charge is 0.480 e. The number of carboxylic acid groups (broad SMARTS) is 1. The van der Waals surface area contributed by atoms with Gasteiger partial charge in [-0.15, -0.1) is 5.10 Å². The zero-order chi connectivity index (χ0) is 13.4. The third-order valence-corrected chi connectivity index (χ3v) is 2.45. The Morgan fingerprint density at radius 3 is 2.83 bits per heavy atom. The summed E-state index contributed by atoms with van der Waals surface area (Å²) in [6.07, 6.45) is 0.699. The molecule has 0 bridgehead atoms. The second-order valence-corrected chi connectivity index (χ2v) is 4.06. The van der Waals surface area contributed by atoms with Crippen LogP contribution in [-0.4, -0.2) is 47.7 Å². The molecule has 0 radical (unpaired) electrons. The predicted octanol–water partition coefficient (Wildman–Crippen LogP) is 0.271. The first-order chi connectivity index (χ1) is 8.63. The number of carbonyl (C=O) groups excluding carboxylic acids is 1. The van der Waals surface area contributed by atoms with E-state index in [0.29, 0.717) is 25.3 Å². The molecule has 0 spiro atoms.